The van der Waals surface area contributed by atoms with Crippen molar-refractivity contribution in [2.24, 2.45) is 11.8 Å². The molecule has 4 amide bonds. The molecule has 6 atom stereocenters. The van der Waals surface area contributed by atoms with Crippen LogP contribution in [-0.4, -0.2) is 86.0 Å². The Morgan fingerprint density at radius 2 is 1.79 bits per heavy atom. The summed E-state index contributed by atoms with van der Waals surface area (Å²) in [7, 11) is 1.48. The SMILES string of the molecule is CC(C)C1NC(=O)[C@H](C)[C@H](O)[C@H](Cc2cccnc2)NC(=O)[C@@H](NC(=O)c2ncccc2O)[C@@H](C)N(C)C1=O. The molecule has 12 nitrogen and oxygen atoms in total. The lowest BCUT2D eigenvalue weighted by molar-refractivity contribution is -0.142. The number of nitrogens with zero attached hydrogens (tertiary/aromatic N) is 3. The van der Waals surface area contributed by atoms with E-state index in [-0.39, 0.29) is 23.8 Å². The van der Waals surface area contributed by atoms with Gasteiger partial charge >= 0.3 is 0 Å². The first-order chi connectivity index (χ1) is 18.4. The highest BCUT2D eigenvalue weighted by Crippen LogP contribution is 2.19. The summed E-state index contributed by atoms with van der Waals surface area (Å²) in [5, 5.41) is 29.5. The van der Waals surface area contributed by atoms with Crippen molar-refractivity contribution in [2.75, 3.05) is 7.05 Å². The number of amides is 4. The zero-order valence-electron chi connectivity index (χ0n) is 22.7. The third-order valence-electron chi connectivity index (χ3n) is 7.09. The van der Waals surface area contributed by atoms with Gasteiger partial charge in [0.25, 0.3) is 5.91 Å². The van der Waals surface area contributed by atoms with Gasteiger partial charge in [0.15, 0.2) is 5.69 Å². The molecule has 0 spiro atoms. The Hall–Kier alpha value is -4.06. The van der Waals surface area contributed by atoms with Crippen molar-refractivity contribution in [3.63, 3.8) is 0 Å². The zero-order valence-corrected chi connectivity index (χ0v) is 22.7. The highest BCUT2D eigenvalue weighted by molar-refractivity contribution is 5.98. The molecule has 1 unspecified atom stereocenters. The average molecular weight is 541 g/mol. The maximum absolute atomic E-state index is 13.7. The lowest BCUT2D eigenvalue weighted by Gasteiger charge is -2.38. The number of carbonyl (C=O) groups is 4. The molecule has 2 aromatic rings. The summed E-state index contributed by atoms with van der Waals surface area (Å²) in [4.78, 5) is 62.6. The number of hydrogen-bond acceptors (Lipinski definition) is 8. The maximum Gasteiger partial charge on any atom is 0.274 e. The molecule has 0 aliphatic carbocycles. The lowest BCUT2D eigenvalue weighted by Crippen LogP contribution is -2.64. The zero-order chi connectivity index (χ0) is 28.9. The van der Waals surface area contributed by atoms with Crippen molar-refractivity contribution in [1.82, 2.24) is 30.8 Å². The van der Waals surface area contributed by atoms with Gasteiger partial charge in [0, 0.05) is 25.6 Å². The van der Waals surface area contributed by atoms with Crippen LogP contribution in [-0.2, 0) is 20.8 Å². The standard InChI is InChI=1S/C27H36N6O6/c1-14(2)20-27(39)33(5)16(4)21(32-26(38)22-19(34)9-7-11-29-22)25(37)30-18(12-17-8-6-10-28-13-17)23(35)15(3)24(36)31-20/h6-11,13-16,18,20-21,23,34-35H,12H2,1-5H3,(H,30,37)(H,31,36)(H,32,38)/t15-,16-,18+,20?,21+,23+/m1/s1. The van der Waals surface area contributed by atoms with E-state index < -0.39 is 59.8 Å². The predicted octanol–water partition coefficient (Wildman–Crippen LogP) is 0.00640. The molecule has 0 bridgehead atoms. The van der Waals surface area contributed by atoms with E-state index in [1.165, 1.54) is 37.2 Å². The Balaban J connectivity index is 2.04. The van der Waals surface area contributed by atoms with Gasteiger partial charge in [-0.15, -0.1) is 0 Å². The van der Waals surface area contributed by atoms with E-state index in [0.717, 1.165) is 0 Å². The number of rotatable bonds is 5. The summed E-state index contributed by atoms with van der Waals surface area (Å²) in [5.74, 6) is -4.16. The van der Waals surface area contributed by atoms with Crippen molar-refractivity contribution in [3.05, 3.63) is 54.1 Å². The predicted molar refractivity (Wildman–Crippen MR) is 141 cm³/mol. The van der Waals surface area contributed by atoms with Crippen molar-refractivity contribution in [2.45, 2.75) is 64.4 Å². The van der Waals surface area contributed by atoms with Crippen molar-refractivity contribution < 1.29 is 29.4 Å². The first kappa shape index (κ1) is 29.5. The lowest BCUT2D eigenvalue weighted by atomic mass is 9.90. The van der Waals surface area contributed by atoms with Crippen LogP contribution in [0, 0.1) is 11.8 Å². The Labute approximate surface area is 227 Å². The van der Waals surface area contributed by atoms with Crippen molar-refractivity contribution in [3.8, 4) is 5.75 Å². The summed E-state index contributed by atoms with van der Waals surface area (Å²) in [6.45, 7) is 6.65. The third kappa shape index (κ3) is 6.88. The minimum Gasteiger partial charge on any atom is -0.505 e. The second kappa shape index (κ2) is 12.7. The fraction of sp³-hybridized carbons (Fsp3) is 0.481. The molecule has 210 valence electrons. The molecule has 3 rings (SSSR count). The van der Waals surface area contributed by atoms with Gasteiger partial charge in [-0.05, 0) is 43.0 Å². The first-order valence-electron chi connectivity index (χ1n) is 12.8. The summed E-state index contributed by atoms with van der Waals surface area (Å²) >= 11 is 0. The summed E-state index contributed by atoms with van der Waals surface area (Å²) in [5.41, 5.74) is 0.423. The van der Waals surface area contributed by atoms with Gasteiger partial charge in [-0.2, -0.15) is 0 Å². The van der Waals surface area contributed by atoms with E-state index in [1.54, 1.807) is 45.3 Å². The molecule has 1 saturated heterocycles. The summed E-state index contributed by atoms with van der Waals surface area (Å²) < 4.78 is 0. The smallest absolute Gasteiger partial charge is 0.274 e. The fourth-order valence-corrected chi connectivity index (χ4v) is 4.43. The van der Waals surface area contributed by atoms with E-state index in [4.69, 9.17) is 0 Å². The number of pyridine rings is 2. The minimum atomic E-state index is -1.33. The molecule has 12 heteroatoms. The topological polar surface area (TPSA) is 174 Å². The van der Waals surface area contributed by atoms with Gasteiger partial charge in [-0.3, -0.25) is 24.2 Å². The van der Waals surface area contributed by atoms with E-state index in [1.807, 2.05) is 0 Å². The van der Waals surface area contributed by atoms with Crippen LogP contribution in [0.5, 0.6) is 5.75 Å². The van der Waals surface area contributed by atoms with E-state index >= 15 is 0 Å². The van der Waals surface area contributed by atoms with Crippen LogP contribution >= 0.6 is 0 Å². The van der Waals surface area contributed by atoms with Crippen LogP contribution < -0.4 is 16.0 Å². The van der Waals surface area contributed by atoms with Crippen LogP contribution in [0.4, 0.5) is 0 Å². The molecule has 3 heterocycles. The van der Waals surface area contributed by atoms with Gasteiger partial charge in [-0.25, -0.2) is 4.98 Å². The third-order valence-corrected chi connectivity index (χ3v) is 7.09. The largest absolute Gasteiger partial charge is 0.505 e. The molecule has 1 aliphatic heterocycles. The van der Waals surface area contributed by atoms with Crippen LogP contribution in [0.15, 0.2) is 42.9 Å². The first-order valence-corrected chi connectivity index (χ1v) is 12.8. The van der Waals surface area contributed by atoms with Crippen molar-refractivity contribution >= 4 is 23.6 Å². The van der Waals surface area contributed by atoms with Gasteiger partial charge in [0.05, 0.1) is 24.1 Å². The molecule has 0 saturated carbocycles. The minimum absolute atomic E-state index is 0.150. The number of likely N-dealkylation sites (N-methyl/N-ethyl adjacent to an activating group) is 1. The molecule has 1 aliphatic rings. The quantitative estimate of drug-likeness (QED) is 0.352. The average Bonchev–Trinajstić information content (AvgIpc) is 2.92. The van der Waals surface area contributed by atoms with Crippen LogP contribution in [0.25, 0.3) is 0 Å². The van der Waals surface area contributed by atoms with Gasteiger partial charge in [0.1, 0.15) is 17.8 Å². The highest BCUT2D eigenvalue weighted by atomic mass is 16.3. The highest BCUT2D eigenvalue weighted by Gasteiger charge is 2.40. The summed E-state index contributed by atoms with van der Waals surface area (Å²) in [6.07, 6.45) is 3.32. The fourth-order valence-electron chi connectivity index (χ4n) is 4.43. The summed E-state index contributed by atoms with van der Waals surface area (Å²) in [6, 6.07) is 2.18. The number of aliphatic hydroxyl groups excluding tert-OH is 1. The van der Waals surface area contributed by atoms with Crippen LogP contribution in [0.2, 0.25) is 0 Å². The molecule has 2 aromatic heterocycles. The second-order valence-corrected chi connectivity index (χ2v) is 10.2. The van der Waals surface area contributed by atoms with Gasteiger partial charge in [-0.1, -0.05) is 26.8 Å². The van der Waals surface area contributed by atoms with Crippen LogP contribution in [0.3, 0.4) is 0 Å². The molecule has 1 fully saturated rings. The number of hydrogen-bond donors (Lipinski definition) is 5. The Morgan fingerprint density at radius 3 is 2.41 bits per heavy atom. The number of aromatic nitrogens is 2. The van der Waals surface area contributed by atoms with Gasteiger partial charge in [0.2, 0.25) is 17.7 Å². The van der Waals surface area contributed by atoms with E-state index in [0.29, 0.717) is 5.56 Å². The van der Waals surface area contributed by atoms with Crippen molar-refractivity contribution in [1.29, 1.82) is 0 Å². The number of aromatic hydroxyl groups is 1. The van der Waals surface area contributed by atoms with Crippen LogP contribution in [0.1, 0.15) is 43.7 Å². The Kier molecular flexibility index (Phi) is 9.57. The van der Waals surface area contributed by atoms with E-state index in [9.17, 15) is 29.4 Å². The molecule has 0 radical (unpaired) electrons. The molecule has 5 N–H and O–H groups in total. The molecule has 39 heavy (non-hydrogen) atoms. The number of carbonyl (C=O) groups excluding carboxylic acids is 4. The normalized spacial score (nSPS) is 26.7. The molecule has 0 aromatic carbocycles. The Morgan fingerprint density at radius 1 is 1.10 bits per heavy atom. The number of nitrogens with one attached hydrogen (secondary N) is 3. The Bertz CT molecular complexity index is 1190. The van der Waals surface area contributed by atoms with E-state index in [2.05, 4.69) is 25.9 Å². The molecular weight excluding hydrogens is 504 g/mol. The second-order valence-electron chi connectivity index (χ2n) is 10.2. The molecular formula is C27H36N6O6. The number of aliphatic hydroxyl groups is 1. The monoisotopic (exact) mass is 540 g/mol. The van der Waals surface area contributed by atoms with Gasteiger partial charge < -0.3 is 31.1 Å². The maximum atomic E-state index is 13.7.